The molecule has 0 atom stereocenters. The smallest absolute Gasteiger partial charge is 0.242 e. The van der Waals surface area contributed by atoms with Crippen LogP contribution in [0.5, 0.6) is 0 Å². The van der Waals surface area contributed by atoms with Gasteiger partial charge in [0.15, 0.2) is 5.96 Å². The highest BCUT2D eigenvalue weighted by atomic mass is 127. The number of halogens is 1. The number of nitrogens with zero attached hydrogens (tertiary/aromatic N) is 2. The minimum Gasteiger partial charge on any atom is -0.356 e. The van der Waals surface area contributed by atoms with Crippen molar-refractivity contribution >= 4 is 35.8 Å². The van der Waals surface area contributed by atoms with E-state index in [0.29, 0.717) is 24.5 Å². The van der Waals surface area contributed by atoms with Crippen LogP contribution in [-0.4, -0.2) is 43.4 Å². The third-order valence-electron chi connectivity index (χ3n) is 5.38. The molecule has 1 aliphatic rings. The first-order valence-corrected chi connectivity index (χ1v) is 9.38. The van der Waals surface area contributed by atoms with Crippen LogP contribution in [0, 0.1) is 5.41 Å². The van der Waals surface area contributed by atoms with Crippen molar-refractivity contribution in [2.75, 3.05) is 26.7 Å². The highest BCUT2D eigenvalue weighted by molar-refractivity contribution is 14.0. The highest BCUT2D eigenvalue weighted by Crippen LogP contribution is 2.42. The average Bonchev–Trinajstić information content (AvgIpc) is 2.62. The maximum Gasteiger partial charge on any atom is 0.242 e. The van der Waals surface area contributed by atoms with Crippen molar-refractivity contribution in [1.29, 1.82) is 0 Å². The molecule has 6 heteroatoms. The maximum atomic E-state index is 12.5. The van der Waals surface area contributed by atoms with Crippen LogP contribution >= 0.6 is 24.0 Å². The van der Waals surface area contributed by atoms with Gasteiger partial charge in [0.2, 0.25) is 5.91 Å². The molecule has 0 heterocycles. The SMILES string of the molecule is CCN(Cc1ccccc1)C(=O)CNC(=NC)NCC1(CC)CCC1.I. The molecule has 146 valence electrons. The summed E-state index contributed by atoms with van der Waals surface area (Å²) < 4.78 is 0. The topological polar surface area (TPSA) is 56.7 Å². The van der Waals surface area contributed by atoms with Crippen LogP contribution < -0.4 is 10.6 Å². The Bertz CT molecular complexity index is 567. The Balaban J connectivity index is 0.00000338. The van der Waals surface area contributed by atoms with E-state index in [4.69, 9.17) is 0 Å². The summed E-state index contributed by atoms with van der Waals surface area (Å²) in [5.41, 5.74) is 1.57. The number of hydrogen-bond donors (Lipinski definition) is 2. The molecule has 1 fully saturated rings. The van der Waals surface area contributed by atoms with E-state index in [2.05, 4.69) is 22.5 Å². The number of likely N-dealkylation sites (N-methyl/N-ethyl adjacent to an activating group) is 1. The van der Waals surface area contributed by atoms with Crippen LogP contribution in [0.3, 0.4) is 0 Å². The van der Waals surface area contributed by atoms with Gasteiger partial charge in [0, 0.05) is 26.7 Å². The van der Waals surface area contributed by atoms with Gasteiger partial charge in [-0.2, -0.15) is 0 Å². The van der Waals surface area contributed by atoms with Gasteiger partial charge < -0.3 is 15.5 Å². The lowest BCUT2D eigenvalue weighted by molar-refractivity contribution is -0.130. The van der Waals surface area contributed by atoms with Crippen LogP contribution in [0.2, 0.25) is 0 Å². The molecule has 26 heavy (non-hydrogen) atoms. The third kappa shape index (κ3) is 6.45. The van der Waals surface area contributed by atoms with E-state index >= 15 is 0 Å². The first kappa shape index (κ1) is 22.7. The fourth-order valence-corrected chi connectivity index (χ4v) is 3.28. The molecule has 1 aromatic rings. The molecule has 0 bridgehead atoms. The standard InChI is InChI=1S/C20H32N4O.HI/c1-4-20(12-9-13-20)16-23-19(21-3)22-14-18(25)24(5-2)15-17-10-7-6-8-11-17;/h6-8,10-11H,4-5,9,12-16H2,1-3H3,(H2,21,22,23);1H. The number of rotatable bonds is 8. The van der Waals surface area contributed by atoms with Crippen molar-refractivity contribution < 1.29 is 4.79 Å². The average molecular weight is 472 g/mol. The summed E-state index contributed by atoms with van der Waals surface area (Å²) in [5.74, 6) is 0.798. The van der Waals surface area contributed by atoms with E-state index in [0.717, 1.165) is 12.1 Å². The molecule has 2 rings (SSSR count). The molecule has 5 nitrogen and oxygen atoms in total. The summed E-state index contributed by atoms with van der Waals surface area (Å²) in [6.07, 6.45) is 5.09. The lowest BCUT2D eigenvalue weighted by Gasteiger charge is -2.41. The van der Waals surface area contributed by atoms with E-state index in [1.54, 1.807) is 7.05 Å². The number of carbonyl (C=O) groups is 1. The minimum atomic E-state index is 0. The van der Waals surface area contributed by atoms with Crippen molar-refractivity contribution in [2.24, 2.45) is 10.4 Å². The van der Waals surface area contributed by atoms with E-state index in [1.165, 1.54) is 25.7 Å². The Morgan fingerprint density at radius 2 is 1.88 bits per heavy atom. The summed E-state index contributed by atoms with van der Waals surface area (Å²) in [4.78, 5) is 18.6. The molecule has 0 radical (unpaired) electrons. The summed E-state index contributed by atoms with van der Waals surface area (Å²) in [7, 11) is 1.75. The molecule has 2 N–H and O–H groups in total. The van der Waals surface area contributed by atoms with E-state index in [9.17, 15) is 4.79 Å². The van der Waals surface area contributed by atoms with Gasteiger partial charge in [0.1, 0.15) is 0 Å². The second-order valence-electron chi connectivity index (χ2n) is 6.88. The van der Waals surface area contributed by atoms with E-state index in [-0.39, 0.29) is 36.4 Å². The Morgan fingerprint density at radius 3 is 2.38 bits per heavy atom. The number of amides is 1. The molecule has 0 aromatic heterocycles. The van der Waals surface area contributed by atoms with Crippen LogP contribution in [0.4, 0.5) is 0 Å². The summed E-state index contributed by atoms with van der Waals surface area (Å²) in [5, 5.41) is 6.56. The normalized spacial score (nSPS) is 15.4. The lowest BCUT2D eigenvalue weighted by Crippen LogP contribution is -2.48. The predicted molar refractivity (Wildman–Crippen MR) is 119 cm³/mol. The van der Waals surface area contributed by atoms with Gasteiger partial charge in [-0.05, 0) is 37.2 Å². The van der Waals surface area contributed by atoms with Gasteiger partial charge in [-0.1, -0.05) is 43.7 Å². The van der Waals surface area contributed by atoms with Crippen molar-refractivity contribution in [3.8, 4) is 0 Å². The number of carbonyl (C=O) groups excluding carboxylic acids is 1. The highest BCUT2D eigenvalue weighted by Gasteiger charge is 2.34. The van der Waals surface area contributed by atoms with Crippen LogP contribution in [-0.2, 0) is 11.3 Å². The van der Waals surface area contributed by atoms with Gasteiger partial charge in [0.25, 0.3) is 0 Å². The molecule has 0 saturated heterocycles. The van der Waals surface area contributed by atoms with E-state index < -0.39 is 0 Å². The molecule has 0 unspecified atom stereocenters. The third-order valence-corrected chi connectivity index (χ3v) is 5.38. The Kier molecular flexibility index (Phi) is 9.98. The maximum absolute atomic E-state index is 12.5. The van der Waals surface area contributed by atoms with Gasteiger partial charge in [0.05, 0.1) is 6.54 Å². The zero-order valence-electron chi connectivity index (χ0n) is 16.3. The number of benzene rings is 1. The Hall–Kier alpha value is -1.31. The molecule has 1 aromatic carbocycles. The monoisotopic (exact) mass is 472 g/mol. The molecule has 1 amide bonds. The second kappa shape index (κ2) is 11.4. The summed E-state index contributed by atoms with van der Waals surface area (Å²) in [6.45, 7) is 6.79. The van der Waals surface area contributed by atoms with Gasteiger partial charge in [-0.3, -0.25) is 9.79 Å². The Morgan fingerprint density at radius 1 is 1.19 bits per heavy atom. The van der Waals surface area contributed by atoms with E-state index in [1.807, 2.05) is 42.2 Å². The Labute approximate surface area is 175 Å². The number of guanidine groups is 1. The largest absolute Gasteiger partial charge is 0.356 e. The molecule has 0 spiro atoms. The van der Waals surface area contributed by atoms with Crippen molar-refractivity contribution in [1.82, 2.24) is 15.5 Å². The molecular formula is C20H33IN4O. The summed E-state index contributed by atoms with van der Waals surface area (Å²) >= 11 is 0. The molecule has 1 aliphatic carbocycles. The second-order valence-corrected chi connectivity index (χ2v) is 6.88. The van der Waals surface area contributed by atoms with Crippen molar-refractivity contribution in [3.05, 3.63) is 35.9 Å². The zero-order valence-corrected chi connectivity index (χ0v) is 18.6. The first-order chi connectivity index (χ1) is 12.1. The van der Waals surface area contributed by atoms with Gasteiger partial charge in [-0.15, -0.1) is 24.0 Å². The lowest BCUT2D eigenvalue weighted by atomic mass is 9.67. The zero-order chi connectivity index (χ0) is 18.1. The molecule has 0 aliphatic heterocycles. The van der Waals surface area contributed by atoms with Crippen molar-refractivity contribution in [3.63, 3.8) is 0 Å². The molecular weight excluding hydrogens is 439 g/mol. The number of hydrogen-bond acceptors (Lipinski definition) is 2. The fraction of sp³-hybridized carbons (Fsp3) is 0.600. The number of aliphatic imine (C=N–C) groups is 1. The summed E-state index contributed by atoms with van der Waals surface area (Å²) in [6, 6.07) is 10.1. The van der Waals surface area contributed by atoms with Crippen molar-refractivity contribution in [2.45, 2.75) is 46.1 Å². The fourth-order valence-electron chi connectivity index (χ4n) is 3.28. The van der Waals surface area contributed by atoms with Crippen LogP contribution in [0.1, 0.15) is 45.1 Å². The number of nitrogens with one attached hydrogen (secondary N) is 2. The minimum absolute atomic E-state index is 0. The quantitative estimate of drug-likeness (QED) is 0.347. The molecule has 1 saturated carbocycles. The van der Waals surface area contributed by atoms with Gasteiger partial charge in [-0.25, -0.2) is 0 Å². The van der Waals surface area contributed by atoms with Crippen LogP contribution in [0.15, 0.2) is 35.3 Å². The predicted octanol–water partition coefficient (Wildman–Crippen LogP) is 3.40. The van der Waals surface area contributed by atoms with Crippen LogP contribution in [0.25, 0.3) is 0 Å². The van der Waals surface area contributed by atoms with Gasteiger partial charge >= 0.3 is 0 Å². The first-order valence-electron chi connectivity index (χ1n) is 9.38.